The molecule has 1 aromatic carbocycles. The maximum atomic E-state index is 13.0. The number of nitrogens with zero attached hydrogens (tertiary/aromatic N) is 1. The third-order valence-electron chi connectivity index (χ3n) is 2.53. The smallest absolute Gasteiger partial charge is 0.417 e. The zero-order valence-corrected chi connectivity index (χ0v) is 10.1. The van der Waals surface area contributed by atoms with Gasteiger partial charge >= 0.3 is 12.1 Å². The fraction of sp³-hybridized carbons (Fsp3) is 0.167. The predicted molar refractivity (Wildman–Crippen MR) is 60.5 cm³/mol. The molecular weight excluding hydrogens is 279 g/mol. The van der Waals surface area contributed by atoms with Gasteiger partial charge in [0.05, 0.1) is 18.2 Å². The van der Waals surface area contributed by atoms with Crippen LogP contribution in [0.3, 0.4) is 0 Å². The summed E-state index contributed by atoms with van der Waals surface area (Å²) in [6, 6.07) is 4.27. The molecule has 0 radical (unpaired) electrons. The molecular formula is C12H8F3NO4. The quantitative estimate of drug-likeness (QED) is 0.939. The highest BCUT2D eigenvalue weighted by atomic mass is 19.4. The van der Waals surface area contributed by atoms with Crippen LogP contribution in [0.1, 0.15) is 16.1 Å². The van der Waals surface area contributed by atoms with Crippen LogP contribution in [0.25, 0.3) is 11.3 Å². The van der Waals surface area contributed by atoms with Crippen LogP contribution in [0.5, 0.6) is 5.75 Å². The van der Waals surface area contributed by atoms with Crippen molar-refractivity contribution < 1.29 is 32.3 Å². The van der Waals surface area contributed by atoms with E-state index in [1.54, 1.807) is 0 Å². The van der Waals surface area contributed by atoms with E-state index in [1.165, 1.54) is 19.2 Å². The summed E-state index contributed by atoms with van der Waals surface area (Å²) in [5, 5.41) is 12.1. The van der Waals surface area contributed by atoms with Crippen molar-refractivity contribution in [2.75, 3.05) is 7.11 Å². The Kier molecular flexibility index (Phi) is 3.39. The average Bonchev–Trinajstić information content (AvgIpc) is 2.86. The molecule has 0 atom stereocenters. The number of aromatic nitrogens is 1. The van der Waals surface area contributed by atoms with Crippen molar-refractivity contribution in [3.05, 3.63) is 35.6 Å². The van der Waals surface area contributed by atoms with Gasteiger partial charge in [-0.05, 0) is 12.1 Å². The number of hydrogen-bond acceptors (Lipinski definition) is 4. The molecule has 106 valence electrons. The van der Waals surface area contributed by atoms with Crippen molar-refractivity contribution in [1.82, 2.24) is 5.16 Å². The van der Waals surface area contributed by atoms with Gasteiger partial charge in [-0.1, -0.05) is 11.2 Å². The number of methoxy groups -OCH3 is 1. The number of hydrogen-bond donors (Lipinski definition) is 1. The maximum Gasteiger partial charge on any atom is 0.417 e. The van der Waals surface area contributed by atoms with Gasteiger partial charge in [0, 0.05) is 6.07 Å². The summed E-state index contributed by atoms with van der Waals surface area (Å²) in [6.07, 6.45) is -4.63. The summed E-state index contributed by atoms with van der Waals surface area (Å²) in [6.45, 7) is 0. The van der Waals surface area contributed by atoms with Gasteiger partial charge in [-0.15, -0.1) is 0 Å². The Labute approximate surface area is 110 Å². The largest absolute Gasteiger partial charge is 0.496 e. The highest BCUT2D eigenvalue weighted by Gasteiger charge is 2.36. The van der Waals surface area contributed by atoms with E-state index in [0.29, 0.717) is 0 Å². The van der Waals surface area contributed by atoms with Crippen molar-refractivity contribution in [3.8, 4) is 17.0 Å². The molecule has 0 saturated heterocycles. The van der Waals surface area contributed by atoms with Crippen LogP contribution in [0.4, 0.5) is 13.2 Å². The number of rotatable bonds is 3. The standard InChI is InChI=1S/C12H8F3NO4/c1-19-8-4-2-3-6(12(13,14)15)10(8)7-5-9(11(17)18)20-16-7/h2-5H,1H3,(H,17,18). The van der Waals surface area contributed by atoms with E-state index in [1.807, 2.05) is 0 Å². The van der Waals surface area contributed by atoms with E-state index < -0.39 is 23.5 Å². The van der Waals surface area contributed by atoms with Crippen molar-refractivity contribution in [2.24, 2.45) is 0 Å². The average molecular weight is 287 g/mol. The summed E-state index contributed by atoms with van der Waals surface area (Å²) in [4.78, 5) is 10.7. The van der Waals surface area contributed by atoms with E-state index in [0.717, 1.165) is 12.1 Å². The molecule has 0 aliphatic rings. The lowest BCUT2D eigenvalue weighted by Gasteiger charge is -2.14. The third kappa shape index (κ3) is 2.44. The maximum absolute atomic E-state index is 13.0. The SMILES string of the molecule is COc1cccc(C(F)(F)F)c1-c1cc(C(=O)O)on1. The third-order valence-corrected chi connectivity index (χ3v) is 2.53. The highest BCUT2D eigenvalue weighted by Crippen LogP contribution is 2.41. The lowest BCUT2D eigenvalue weighted by atomic mass is 10.0. The zero-order valence-electron chi connectivity index (χ0n) is 10.1. The van der Waals surface area contributed by atoms with Gasteiger partial charge < -0.3 is 14.4 Å². The normalized spacial score (nSPS) is 11.4. The van der Waals surface area contributed by atoms with Crippen LogP contribution in [0.2, 0.25) is 0 Å². The molecule has 5 nitrogen and oxygen atoms in total. The molecule has 0 amide bonds. The predicted octanol–water partition coefficient (Wildman–Crippen LogP) is 3.07. The Morgan fingerprint density at radius 1 is 1.40 bits per heavy atom. The first-order valence-corrected chi connectivity index (χ1v) is 5.29. The van der Waals surface area contributed by atoms with Crippen LogP contribution >= 0.6 is 0 Å². The van der Waals surface area contributed by atoms with Gasteiger partial charge in [-0.2, -0.15) is 13.2 Å². The molecule has 1 aromatic heterocycles. The van der Waals surface area contributed by atoms with Crippen molar-refractivity contribution in [3.63, 3.8) is 0 Å². The van der Waals surface area contributed by atoms with E-state index in [-0.39, 0.29) is 17.0 Å². The van der Waals surface area contributed by atoms with Crippen molar-refractivity contribution >= 4 is 5.97 Å². The molecule has 8 heteroatoms. The lowest BCUT2D eigenvalue weighted by Crippen LogP contribution is -2.08. The van der Waals surface area contributed by atoms with Crippen molar-refractivity contribution in [2.45, 2.75) is 6.18 Å². The first-order chi connectivity index (χ1) is 9.34. The minimum Gasteiger partial charge on any atom is -0.496 e. The van der Waals surface area contributed by atoms with E-state index >= 15 is 0 Å². The second kappa shape index (κ2) is 4.87. The van der Waals surface area contributed by atoms with Crippen LogP contribution in [-0.2, 0) is 6.18 Å². The topological polar surface area (TPSA) is 72.6 Å². The molecule has 2 rings (SSSR count). The molecule has 0 aliphatic heterocycles. The second-order valence-electron chi connectivity index (χ2n) is 3.76. The fourth-order valence-electron chi connectivity index (χ4n) is 1.70. The monoisotopic (exact) mass is 287 g/mol. The number of alkyl halides is 3. The molecule has 1 N–H and O–H groups in total. The summed E-state index contributed by atoms with van der Waals surface area (Å²) in [5.74, 6) is -2.06. The molecule has 0 saturated carbocycles. The number of carboxylic acid groups (broad SMARTS) is 1. The summed E-state index contributed by atoms with van der Waals surface area (Å²) < 4.78 is 48.3. The van der Waals surface area contributed by atoms with E-state index in [2.05, 4.69) is 9.68 Å². The lowest BCUT2D eigenvalue weighted by molar-refractivity contribution is -0.137. The van der Waals surface area contributed by atoms with E-state index in [9.17, 15) is 18.0 Å². The van der Waals surface area contributed by atoms with Crippen molar-refractivity contribution in [1.29, 1.82) is 0 Å². The van der Waals surface area contributed by atoms with Gasteiger partial charge in [0.2, 0.25) is 5.76 Å². The Balaban J connectivity index is 2.66. The number of halogens is 3. The Morgan fingerprint density at radius 2 is 2.10 bits per heavy atom. The van der Waals surface area contributed by atoms with Crippen LogP contribution < -0.4 is 4.74 Å². The molecule has 0 fully saturated rings. The molecule has 20 heavy (non-hydrogen) atoms. The van der Waals surface area contributed by atoms with Gasteiger partial charge in [0.25, 0.3) is 0 Å². The molecule has 2 aromatic rings. The number of aromatic carboxylic acids is 1. The fourth-order valence-corrected chi connectivity index (χ4v) is 1.70. The highest BCUT2D eigenvalue weighted by molar-refractivity contribution is 5.86. The van der Waals surface area contributed by atoms with Gasteiger partial charge in [-0.25, -0.2) is 4.79 Å². The number of benzene rings is 1. The Bertz CT molecular complexity index is 648. The van der Waals surface area contributed by atoms with Crippen LogP contribution in [0, 0.1) is 0 Å². The summed E-state index contributed by atoms with van der Waals surface area (Å²) >= 11 is 0. The Morgan fingerprint density at radius 3 is 2.60 bits per heavy atom. The summed E-state index contributed by atoms with van der Waals surface area (Å²) in [7, 11) is 1.21. The minimum absolute atomic E-state index is 0.0786. The van der Waals surface area contributed by atoms with Crippen LogP contribution in [0.15, 0.2) is 28.8 Å². The second-order valence-corrected chi connectivity index (χ2v) is 3.76. The Hall–Kier alpha value is -2.51. The van der Waals surface area contributed by atoms with E-state index in [4.69, 9.17) is 9.84 Å². The number of ether oxygens (including phenoxy) is 1. The van der Waals surface area contributed by atoms with Gasteiger partial charge in [-0.3, -0.25) is 0 Å². The number of carboxylic acids is 1. The zero-order chi connectivity index (χ0) is 14.9. The minimum atomic E-state index is -4.63. The summed E-state index contributed by atoms with van der Waals surface area (Å²) in [5.41, 5.74) is -1.60. The molecule has 0 aliphatic carbocycles. The molecule has 0 spiro atoms. The van der Waals surface area contributed by atoms with Gasteiger partial charge in [0.15, 0.2) is 0 Å². The first-order valence-electron chi connectivity index (χ1n) is 5.29. The van der Waals surface area contributed by atoms with Gasteiger partial charge in [0.1, 0.15) is 11.4 Å². The van der Waals surface area contributed by atoms with Crippen LogP contribution in [-0.4, -0.2) is 23.3 Å². The first kappa shape index (κ1) is 13.9. The molecule has 1 heterocycles. The number of carbonyl (C=O) groups is 1. The molecule has 0 bridgehead atoms. The molecule has 0 unspecified atom stereocenters.